The molecule has 0 atom stereocenters. The molecule has 0 fully saturated rings. The van der Waals surface area contributed by atoms with Gasteiger partial charge in [-0.05, 0) is 6.26 Å². The third-order valence-corrected chi connectivity index (χ3v) is 3.58. The Labute approximate surface area is 121 Å². The highest BCUT2D eigenvalue weighted by atomic mass is 32.2. The van der Waals surface area contributed by atoms with Crippen molar-refractivity contribution >= 4 is 28.6 Å². The predicted molar refractivity (Wildman–Crippen MR) is 83.2 cm³/mol. The number of nitrogens with zero attached hydrogens (tertiary/aromatic N) is 4. The van der Waals surface area contributed by atoms with Gasteiger partial charge in [-0.25, -0.2) is 9.97 Å². The molecule has 3 rings (SSSR count). The number of anilines is 1. The maximum absolute atomic E-state index is 4.60. The van der Waals surface area contributed by atoms with Crippen LogP contribution in [0, 0.1) is 0 Å². The highest BCUT2D eigenvalue weighted by Gasteiger charge is 2.17. The van der Waals surface area contributed by atoms with Gasteiger partial charge in [-0.1, -0.05) is 42.1 Å². The Morgan fingerprint density at radius 2 is 1.85 bits per heavy atom. The average Bonchev–Trinajstić information content (AvgIpc) is 2.90. The lowest BCUT2D eigenvalue weighted by atomic mass is 10.1. The summed E-state index contributed by atoms with van der Waals surface area (Å²) >= 11 is 1.52. The Bertz CT molecular complexity index is 736. The summed E-state index contributed by atoms with van der Waals surface area (Å²) in [7, 11) is 3.96. The molecule has 2 aromatic heterocycles. The van der Waals surface area contributed by atoms with E-state index in [0.29, 0.717) is 0 Å². The van der Waals surface area contributed by atoms with Crippen LogP contribution in [0.1, 0.15) is 0 Å². The lowest BCUT2D eigenvalue weighted by molar-refractivity contribution is 0.950. The number of aromatic amines is 1. The van der Waals surface area contributed by atoms with E-state index in [-0.39, 0.29) is 0 Å². The van der Waals surface area contributed by atoms with Crippen molar-refractivity contribution in [3.8, 4) is 11.3 Å². The van der Waals surface area contributed by atoms with Gasteiger partial charge in [-0.15, -0.1) is 0 Å². The standard InChI is InChI=1S/C14H15N5S/c1-19(2)13-10-11(9-7-5-4-6-8-9)17-18-12(10)15-14(16-13)20-3/h4-8H,1-3H3,(H,15,16,17,18). The molecule has 0 radical (unpaired) electrons. The van der Waals surface area contributed by atoms with E-state index in [0.717, 1.165) is 33.3 Å². The highest BCUT2D eigenvalue weighted by molar-refractivity contribution is 7.98. The number of fused-ring (bicyclic) bond motifs is 1. The van der Waals surface area contributed by atoms with E-state index in [1.165, 1.54) is 11.8 Å². The molecule has 1 aromatic carbocycles. The lowest BCUT2D eigenvalue weighted by Crippen LogP contribution is -2.12. The molecular formula is C14H15N5S. The third kappa shape index (κ3) is 2.12. The van der Waals surface area contributed by atoms with Crippen molar-refractivity contribution < 1.29 is 0 Å². The first kappa shape index (κ1) is 12.9. The number of hydrogen-bond acceptors (Lipinski definition) is 5. The fourth-order valence-electron chi connectivity index (χ4n) is 2.11. The third-order valence-electron chi connectivity index (χ3n) is 3.03. The smallest absolute Gasteiger partial charge is 0.191 e. The number of H-pyrrole nitrogens is 1. The van der Waals surface area contributed by atoms with Crippen molar-refractivity contribution in [2.75, 3.05) is 25.3 Å². The summed E-state index contributed by atoms with van der Waals surface area (Å²) in [6.07, 6.45) is 1.97. The molecule has 0 aliphatic rings. The van der Waals surface area contributed by atoms with Gasteiger partial charge in [-0.3, -0.25) is 5.10 Å². The van der Waals surface area contributed by atoms with E-state index < -0.39 is 0 Å². The molecule has 6 heteroatoms. The van der Waals surface area contributed by atoms with Crippen molar-refractivity contribution in [1.29, 1.82) is 0 Å². The number of hydrogen-bond donors (Lipinski definition) is 1. The van der Waals surface area contributed by atoms with Gasteiger partial charge in [0.25, 0.3) is 0 Å². The topological polar surface area (TPSA) is 57.7 Å². The predicted octanol–water partition coefficient (Wildman–Crippen LogP) is 2.81. The number of aromatic nitrogens is 4. The zero-order chi connectivity index (χ0) is 14.1. The van der Waals surface area contributed by atoms with Crippen LogP contribution in [0.15, 0.2) is 35.5 Å². The number of thioether (sulfide) groups is 1. The number of benzene rings is 1. The minimum Gasteiger partial charge on any atom is -0.362 e. The Balaban J connectivity index is 2.30. The van der Waals surface area contributed by atoms with Gasteiger partial charge in [0.15, 0.2) is 10.8 Å². The van der Waals surface area contributed by atoms with E-state index >= 15 is 0 Å². The van der Waals surface area contributed by atoms with E-state index in [9.17, 15) is 0 Å². The number of rotatable bonds is 3. The molecule has 0 unspecified atom stereocenters. The normalized spacial score (nSPS) is 10.9. The number of nitrogens with one attached hydrogen (secondary N) is 1. The molecule has 0 spiro atoms. The molecule has 102 valence electrons. The van der Waals surface area contributed by atoms with Crippen LogP contribution >= 0.6 is 11.8 Å². The molecule has 20 heavy (non-hydrogen) atoms. The molecule has 0 saturated carbocycles. The van der Waals surface area contributed by atoms with Crippen LogP contribution < -0.4 is 4.90 Å². The molecule has 5 nitrogen and oxygen atoms in total. The van der Waals surface area contributed by atoms with Crippen LogP contribution in [0.2, 0.25) is 0 Å². The summed E-state index contributed by atoms with van der Waals surface area (Å²) in [6, 6.07) is 10.1. The van der Waals surface area contributed by atoms with Crippen LogP contribution in [0.5, 0.6) is 0 Å². The molecular weight excluding hydrogens is 270 g/mol. The van der Waals surface area contributed by atoms with Crippen LogP contribution in [0.4, 0.5) is 5.82 Å². The molecule has 1 N–H and O–H groups in total. The summed E-state index contributed by atoms with van der Waals surface area (Å²) in [4.78, 5) is 11.1. The van der Waals surface area contributed by atoms with Crippen LogP contribution in [0.3, 0.4) is 0 Å². The van der Waals surface area contributed by atoms with Crippen LogP contribution in [-0.4, -0.2) is 40.5 Å². The summed E-state index contributed by atoms with van der Waals surface area (Å²) in [6.45, 7) is 0. The molecule has 0 bridgehead atoms. The SMILES string of the molecule is CSc1nc(N(C)C)c2c(-c3ccccc3)n[nH]c2n1. The Hall–Kier alpha value is -2.08. The average molecular weight is 285 g/mol. The first-order chi connectivity index (χ1) is 9.70. The molecule has 0 amide bonds. The van der Waals surface area contributed by atoms with Crippen LogP contribution in [-0.2, 0) is 0 Å². The van der Waals surface area contributed by atoms with E-state index in [1.54, 1.807) is 0 Å². The van der Waals surface area contributed by atoms with Gasteiger partial charge in [0.05, 0.1) is 5.39 Å². The zero-order valence-corrected chi connectivity index (χ0v) is 12.4. The molecule has 0 saturated heterocycles. The maximum atomic E-state index is 4.60. The van der Waals surface area contributed by atoms with Gasteiger partial charge < -0.3 is 4.90 Å². The van der Waals surface area contributed by atoms with Gasteiger partial charge in [0, 0.05) is 19.7 Å². The summed E-state index contributed by atoms with van der Waals surface area (Å²) in [5, 5.41) is 9.13. The van der Waals surface area contributed by atoms with Crippen molar-refractivity contribution in [3.05, 3.63) is 30.3 Å². The molecule has 0 aliphatic heterocycles. The van der Waals surface area contributed by atoms with Gasteiger partial charge in [-0.2, -0.15) is 5.10 Å². The Morgan fingerprint density at radius 1 is 1.10 bits per heavy atom. The van der Waals surface area contributed by atoms with Crippen molar-refractivity contribution in [2.24, 2.45) is 0 Å². The second kappa shape index (κ2) is 5.13. The van der Waals surface area contributed by atoms with Gasteiger partial charge in [0.2, 0.25) is 0 Å². The molecule has 3 aromatic rings. The minimum absolute atomic E-state index is 0.740. The first-order valence-electron chi connectivity index (χ1n) is 6.23. The largest absolute Gasteiger partial charge is 0.362 e. The highest BCUT2D eigenvalue weighted by Crippen LogP contribution is 2.32. The van der Waals surface area contributed by atoms with E-state index in [2.05, 4.69) is 20.2 Å². The van der Waals surface area contributed by atoms with Gasteiger partial charge in [0.1, 0.15) is 11.5 Å². The first-order valence-corrected chi connectivity index (χ1v) is 7.46. The Morgan fingerprint density at radius 3 is 2.50 bits per heavy atom. The summed E-state index contributed by atoms with van der Waals surface area (Å²) in [5.41, 5.74) is 2.71. The maximum Gasteiger partial charge on any atom is 0.191 e. The molecule has 2 heterocycles. The second-order valence-electron chi connectivity index (χ2n) is 4.59. The van der Waals surface area contributed by atoms with Gasteiger partial charge >= 0.3 is 0 Å². The van der Waals surface area contributed by atoms with Crippen molar-refractivity contribution in [2.45, 2.75) is 5.16 Å². The Kier molecular flexibility index (Phi) is 3.31. The van der Waals surface area contributed by atoms with Crippen LogP contribution in [0.25, 0.3) is 22.3 Å². The van der Waals surface area contributed by atoms with Crippen molar-refractivity contribution in [1.82, 2.24) is 20.2 Å². The zero-order valence-electron chi connectivity index (χ0n) is 11.6. The quantitative estimate of drug-likeness (QED) is 0.592. The van der Waals surface area contributed by atoms with Crippen molar-refractivity contribution in [3.63, 3.8) is 0 Å². The lowest BCUT2D eigenvalue weighted by Gasteiger charge is -2.13. The molecule has 0 aliphatic carbocycles. The monoisotopic (exact) mass is 285 g/mol. The van der Waals surface area contributed by atoms with E-state index in [4.69, 9.17) is 0 Å². The summed E-state index contributed by atoms with van der Waals surface area (Å²) < 4.78 is 0. The summed E-state index contributed by atoms with van der Waals surface area (Å²) in [5.74, 6) is 0.881. The second-order valence-corrected chi connectivity index (χ2v) is 5.36. The fourth-order valence-corrected chi connectivity index (χ4v) is 2.47. The fraction of sp³-hybridized carbons (Fsp3) is 0.214. The minimum atomic E-state index is 0.740. The van der Waals surface area contributed by atoms with E-state index in [1.807, 2.05) is 55.6 Å².